The number of oxazole rings is 1. The first-order chi connectivity index (χ1) is 10.1. The van der Waals surface area contributed by atoms with Gasteiger partial charge in [-0.3, -0.25) is 9.36 Å². The SMILES string of the molecule is CCOc1ccc(/N=c2/oc(C(C)=O)c(C)n2CC)cc1. The normalized spacial score (nSPS) is 11.7. The van der Waals surface area contributed by atoms with E-state index in [1.165, 1.54) is 6.92 Å². The molecule has 0 unspecified atom stereocenters. The van der Waals surface area contributed by atoms with Gasteiger partial charge in [-0.05, 0) is 45.0 Å². The van der Waals surface area contributed by atoms with Crippen LogP contribution in [0.1, 0.15) is 37.0 Å². The Morgan fingerprint density at radius 1 is 1.29 bits per heavy atom. The number of rotatable bonds is 5. The summed E-state index contributed by atoms with van der Waals surface area (Å²) in [7, 11) is 0. The molecule has 21 heavy (non-hydrogen) atoms. The largest absolute Gasteiger partial charge is 0.494 e. The lowest BCUT2D eigenvalue weighted by atomic mass is 10.3. The maximum atomic E-state index is 11.6. The number of ketones is 1. The molecule has 2 rings (SSSR count). The molecule has 5 heteroatoms. The molecule has 1 aromatic heterocycles. The maximum Gasteiger partial charge on any atom is 0.302 e. The van der Waals surface area contributed by atoms with Gasteiger partial charge in [-0.2, -0.15) is 4.99 Å². The van der Waals surface area contributed by atoms with E-state index < -0.39 is 0 Å². The van der Waals surface area contributed by atoms with E-state index in [0.29, 0.717) is 24.6 Å². The van der Waals surface area contributed by atoms with Gasteiger partial charge in [-0.1, -0.05) is 0 Å². The molecular formula is C16H20N2O3. The van der Waals surface area contributed by atoms with E-state index in [9.17, 15) is 4.79 Å². The predicted molar refractivity (Wildman–Crippen MR) is 79.9 cm³/mol. The number of hydrogen-bond donors (Lipinski definition) is 0. The first kappa shape index (κ1) is 15.1. The third-order valence-electron chi connectivity index (χ3n) is 3.17. The number of aromatic nitrogens is 1. The highest BCUT2D eigenvalue weighted by atomic mass is 16.5. The van der Waals surface area contributed by atoms with Crippen LogP contribution in [-0.2, 0) is 6.54 Å². The first-order valence-corrected chi connectivity index (χ1v) is 7.05. The summed E-state index contributed by atoms with van der Waals surface area (Å²) < 4.78 is 12.9. The fraction of sp³-hybridized carbons (Fsp3) is 0.375. The summed E-state index contributed by atoms with van der Waals surface area (Å²) in [5.74, 6) is 1.07. The highest BCUT2D eigenvalue weighted by Gasteiger charge is 2.14. The molecule has 0 fully saturated rings. The number of benzene rings is 1. The quantitative estimate of drug-likeness (QED) is 0.794. The van der Waals surface area contributed by atoms with Crippen molar-refractivity contribution in [1.82, 2.24) is 4.57 Å². The summed E-state index contributed by atoms with van der Waals surface area (Å²) in [6.07, 6.45) is 0. The van der Waals surface area contributed by atoms with Crippen LogP contribution in [0.5, 0.6) is 5.75 Å². The van der Waals surface area contributed by atoms with Crippen molar-refractivity contribution in [2.75, 3.05) is 6.61 Å². The van der Waals surface area contributed by atoms with Gasteiger partial charge in [0.1, 0.15) is 5.75 Å². The Morgan fingerprint density at radius 3 is 2.48 bits per heavy atom. The zero-order chi connectivity index (χ0) is 15.4. The Hall–Kier alpha value is -2.30. The number of nitrogens with zero attached hydrogens (tertiary/aromatic N) is 2. The lowest BCUT2D eigenvalue weighted by molar-refractivity contribution is 0.0984. The average molecular weight is 288 g/mol. The third kappa shape index (κ3) is 3.24. The minimum absolute atomic E-state index is 0.0946. The monoisotopic (exact) mass is 288 g/mol. The van der Waals surface area contributed by atoms with Crippen LogP contribution in [0.25, 0.3) is 0 Å². The van der Waals surface area contributed by atoms with E-state index in [1.807, 2.05) is 49.6 Å². The van der Waals surface area contributed by atoms with Crippen LogP contribution in [0.4, 0.5) is 5.69 Å². The summed E-state index contributed by atoms with van der Waals surface area (Å²) in [4.78, 5) is 16.0. The van der Waals surface area contributed by atoms with Crippen molar-refractivity contribution in [3.8, 4) is 5.75 Å². The molecule has 0 saturated carbocycles. The van der Waals surface area contributed by atoms with Crippen LogP contribution in [0, 0.1) is 6.92 Å². The molecule has 1 heterocycles. The Morgan fingerprint density at radius 2 is 1.95 bits per heavy atom. The number of Topliss-reactive ketones (excluding diaryl/α,β-unsaturated/α-hetero) is 1. The molecule has 0 spiro atoms. The molecule has 1 aromatic carbocycles. The molecule has 0 amide bonds. The van der Waals surface area contributed by atoms with Gasteiger partial charge in [-0.25, -0.2) is 0 Å². The molecule has 0 N–H and O–H groups in total. The fourth-order valence-electron chi connectivity index (χ4n) is 2.16. The lowest BCUT2D eigenvalue weighted by Crippen LogP contribution is -2.15. The van der Waals surface area contributed by atoms with Crippen LogP contribution < -0.4 is 10.4 Å². The molecule has 2 aromatic rings. The minimum Gasteiger partial charge on any atom is -0.494 e. The van der Waals surface area contributed by atoms with Crippen LogP contribution in [-0.4, -0.2) is 17.0 Å². The van der Waals surface area contributed by atoms with Gasteiger partial charge in [-0.15, -0.1) is 0 Å². The standard InChI is InChI=1S/C16H20N2O3/c1-5-18-11(3)15(12(4)19)21-16(18)17-13-7-9-14(10-8-13)20-6-2/h7-10H,5-6H2,1-4H3/b17-16+. The second kappa shape index (κ2) is 6.43. The van der Waals surface area contributed by atoms with E-state index in [-0.39, 0.29) is 5.78 Å². The Balaban J connectivity index is 2.45. The zero-order valence-corrected chi connectivity index (χ0v) is 12.8. The van der Waals surface area contributed by atoms with Gasteiger partial charge in [0, 0.05) is 13.5 Å². The van der Waals surface area contributed by atoms with E-state index in [0.717, 1.165) is 17.1 Å². The van der Waals surface area contributed by atoms with Gasteiger partial charge < -0.3 is 9.15 Å². The van der Waals surface area contributed by atoms with E-state index in [4.69, 9.17) is 9.15 Å². The topological polar surface area (TPSA) is 56.7 Å². The summed E-state index contributed by atoms with van der Waals surface area (Å²) >= 11 is 0. The van der Waals surface area contributed by atoms with Gasteiger partial charge in [0.2, 0.25) is 0 Å². The van der Waals surface area contributed by atoms with Crippen molar-refractivity contribution in [1.29, 1.82) is 0 Å². The summed E-state index contributed by atoms with van der Waals surface area (Å²) in [5, 5.41) is 0. The smallest absolute Gasteiger partial charge is 0.302 e. The molecule has 0 bridgehead atoms. The number of hydrogen-bond acceptors (Lipinski definition) is 4. The van der Waals surface area contributed by atoms with Crippen LogP contribution in [0.2, 0.25) is 0 Å². The van der Waals surface area contributed by atoms with Crippen molar-refractivity contribution in [3.63, 3.8) is 0 Å². The van der Waals surface area contributed by atoms with Gasteiger partial charge in [0.25, 0.3) is 0 Å². The zero-order valence-electron chi connectivity index (χ0n) is 12.8. The minimum atomic E-state index is -0.0946. The van der Waals surface area contributed by atoms with Crippen molar-refractivity contribution < 1.29 is 13.9 Å². The van der Waals surface area contributed by atoms with E-state index >= 15 is 0 Å². The molecule has 0 aliphatic heterocycles. The lowest BCUT2D eigenvalue weighted by Gasteiger charge is -2.02. The van der Waals surface area contributed by atoms with E-state index in [2.05, 4.69) is 4.99 Å². The fourth-order valence-corrected chi connectivity index (χ4v) is 2.16. The average Bonchev–Trinajstić information content (AvgIpc) is 2.77. The van der Waals surface area contributed by atoms with Crippen molar-refractivity contribution in [2.45, 2.75) is 34.2 Å². The summed E-state index contributed by atoms with van der Waals surface area (Å²) in [6, 6.07) is 7.44. The molecular weight excluding hydrogens is 268 g/mol. The Kier molecular flexibility index (Phi) is 4.62. The summed E-state index contributed by atoms with van der Waals surface area (Å²) in [6.45, 7) is 8.61. The Labute approximate surface area is 123 Å². The van der Waals surface area contributed by atoms with Gasteiger partial charge in [0.15, 0.2) is 11.5 Å². The second-order valence-corrected chi connectivity index (χ2v) is 4.64. The molecule has 112 valence electrons. The third-order valence-corrected chi connectivity index (χ3v) is 3.17. The predicted octanol–water partition coefficient (Wildman–Crippen LogP) is 3.24. The van der Waals surface area contributed by atoms with Crippen molar-refractivity contribution in [3.05, 3.63) is 41.4 Å². The van der Waals surface area contributed by atoms with E-state index in [1.54, 1.807) is 0 Å². The highest BCUT2D eigenvalue weighted by Crippen LogP contribution is 2.18. The van der Waals surface area contributed by atoms with Crippen molar-refractivity contribution >= 4 is 11.5 Å². The number of carbonyl (C=O) groups excluding carboxylic acids is 1. The number of ether oxygens (including phenoxy) is 1. The first-order valence-electron chi connectivity index (χ1n) is 7.05. The summed E-state index contributed by atoms with van der Waals surface area (Å²) in [5.41, 5.74) is 1.99. The van der Waals surface area contributed by atoms with Crippen LogP contribution >= 0.6 is 0 Å². The van der Waals surface area contributed by atoms with Crippen molar-refractivity contribution in [2.24, 2.45) is 4.99 Å². The van der Waals surface area contributed by atoms with Crippen LogP contribution in [0.15, 0.2) is 33.7 Å². The molecule has 0 atom stereocenters. The molecule has 5 nitrogen and oxygen atoms in total. The van der Waals surface area contributed by atoms with Crippen LogP contribution in [0.3, 0.4) is 0 Å². The molecule has 0 aliphatic rings. The molecule has 0 aliphatic carbocycles. The second-order valence-electron chi connectivity index (χ2n) is 4.64. The maximum absolute atomic E-state index is 11.6. The number of carbonyl (C=O) groups is 1. The Bertz CT molecular complexity index is 693. The van der Waals surface area contributed by atoms with Gasteiger partial charge >= 0.3 is 5.68 Å². The van der Waals surface area contributed by atoms with Gasteiger partial charge in [0.05, 0.1) is 18.0 Å². The molecule has 0 saturated heterocycles. The highest BCUT2D eigenvalue weighted by molar-refractivity contribution is 5.92. The molecule has 0 radical (unpaired) electrons.